The van der Waals surface area contributed by atoms with Crippen molar-refractivity contribution < 1.29 is 19.4 Å². The van der Waals surface area contributed by atoms with Gasteiger partial charge < -0.3 is 19.9 Å². The van der Waals surface area contributed by atoms with Gasteiger partial charge in [0.25, 0.3) is 11.6 Å². The molecule has 2 N–H and O–H groups in total. The third-order valence-electron chi connectivity index (χ3n) is 4.68. The number of anilines is 2. The Balaban J connectivity index is 1.47. The molecule has 0 aromatic heterocycles. The summed E-state index contributed by atoms with van der Waals surface area (Å²) >= 11 is 0. The summed E-state index contributed by atoms with van der Waals surface area (Å²) in [5.41, 5.74) is 1.82. The Hall–Kier alpha value is -3.13. The van der Waals surface area contributed by atoms with Gasteiger partial charge in [0.1, 0.15) is 5.75 Å². The van der Waals surface area contributed by atoms with Crippen molar-refractivity contribution in [1.82, 2.24) is 0 Å². The van der Waals surface area contributed by atoms with Gasteiger partial charge in [-0.1, -0.05) is 0 Å². The van der Waals surface area contributed by atoms with Crippen LogP contribution in [-0.2, 0) is 4.79 Å². The zero-order valence-corrected chi connectivity index (χ0v) is 15.2. The third-order valence-corrected chi connectivity index (χ3v) is 4.68. The first-order chi connectivity index (χ1) is 13.0. The summed E-state index contributed by atoms with van der Waals surface area (Å²) in [6.07, 6.45) is 0. The second-order valence-corrected chi connectivity index (χ2v) is 6.46. The number of rotatable bonds is 6. The minimum absolute atomic E-state index is 0.0149. The van der Waals surface area contributed by atoms with E-state index >= 15 is 0 Å². The van der Waals surface area contributed by atoms with Crippen molar-refractivity contribution in [3.05, 3.63) is 58.6 Å². The predicted molar refractivity (Wildman–Crippen MR) is 102 cm³/mol. The molecule has 8 heteroatoms. The Morgan fingerprint density at radius 2 is 1.78 bits per heavy atom. The molecule has 0 spiro atoms. The molecule has 0 saturated carbocycles. The summed E-state index contributed by atoms with van der Waals surface area (Å²) in [7, 11) is 1.60. The number of hydrogen-bond donors (Lipinski definition) is 2. The minimum atomic E-state index is -0.396. The number of carbonyl (C=O) groups excluding carboxylic acids is 1. The molecule has 1 aliphatic rings. The molecule has 0 bridgehead atoms. The molecule has 2 aromatic carbocycles. The Kier molecular flexibility index (Phi) is 5.87. The molecule has 0 aliphatic carbocycles. The van der Waals surface area contributed by atoms with Gasteiger partial charge in [-0.3, -0.25) is 14.9 Å². The Labute approximate surface area is 157 Å². The summed E-state index contributed by atoms with van der Waals surface area (Å²) in [5, 5.41) is 13.6. The quantitative estimate of drug-likeness (QED) is 0.583. The van der Waals surface area contributed by atoms with E-state index < -0.39 is 4.92 Å². The van der Waals surface area contributed by atoms with Crippen molar-refractivity contribution >= 4 is 23.0 Å². The van der Waals surface area contributed by atoms with Crippen LogP contribution in [0.3, 0.4) is 0 Å². The van der Waals surface area contributed by atoms with E-state index in [1.807, 2.05) is 24.3 Å². The average molecular weight is 371 g/mol. The number of non-ortho nitro benzene ring substituents is 1. The molecule has 0 unspecified atom stereocenters. The number of nitro groups is 1. The monoisotopic (exact) mass is 371 g/mol. The van der Waals surface area contributed by atoms with Crippen molar-refractivity contribution in [1.29, 1.82) is 0 Å². The van der Waals surface area contributed by atoms with Crippen LogP contribution in [0.1, 0.15) is 0 Å². The van der Waals surface area contributed by atoms with Crippen LogP contribution in [0, 0.1) is 10.1 Å². The van der Waals surface area contributed by atoms with Gasteiger partial charge in [0.05, 0.1) is 38.2 Å². The van der Waals surface area contributed by atoms with E-state index in [2.05, 4.69) is 10.2 Å². The lowest BCUT2D eigenvalue weighted by Gasteiger charge is -2.33. The fraction of sp³-hybridized carbons (Fsp3) is 0.316. The number of amides is 1. The molecule has 0 radical (unpaired) electrons. The van der Waals surface area contributed by atoms with Gasteiger partial charge in [-0.15, -0.1) is 0 Å². The Bertz CT molecular complexity index is 784. The number of carbonyl (C=O) groups is 1. The maximum Gasteiger partial charge on any atom is 0.279 e. The molecule has 1 aliphatic heterocycles. The number of methoxy groups -OCH3 is 1. The largest absolute Gasteiger partial charge is 0.497 e. The second kappa shape index (κ2) is 8.50. The van der Waals surface area contributed by atoms with Crippen molar-refractivity contribution in [2.75, 3.05) is 50.1 Å². The van der Waals surface area contributed by atoms with Crippen molar-refractivity contribution in [3.8, 4) is 5.75 Å². The van der Waals surface area contributed by atoms with Crippen LogP contribution in [0.5, 0.6) is 5.75 Å². The van der Waals surface area contributed by atoms with Gasteiger partial charge in [-0.05, 0) is 36.4 Å². The van der Waals surface area contributed by atoms with Gasteiger partial charge in [0.2, 0.25) is 0 Å². The number of benzene rings is 2. The van der Waals surface area contributed by atoms with Gasteiger partial charge in [0, 0.05) is 23.5 Å². The van der Waals surface area contributed by atoms with Crippen LogP contribution >= 0.6 is 0 Å². The molecule has 1 saturated heterocycles. The number of nitro benzene ring substituents is 1. The van der Waals surface area contributed by atoms with Crippen molar-refractivity contribution in [2.24, 2.45) is 0 Å². The molecule has 1 amide bonds. The summed E-state index contributed by atoms with van der Waals surface area (Å²) in [4.78, 5) is 26.0. The maximum absolute atomic E-state index is 12.2. The molecule has 142 valence electrons. The summed E-state index contributed by atoms with van der Waals surface area (Å²) in [6.45, 7) is 3.71. The highest BCUT2D eigenvalue weighted by Gasteiger charge is 2.22. The first kappa shape index (κ1) is 18.7. The molecule has 2 aromatic rings. The van der Waals surface area contributed by atoms with Crippen LogP contribution in [0.4, 0.5) is 17.1 Å². The fourth-order valence-electron chi connectivity index (χ4n) is 3.15. The number of nitrogens with one attached hydrogen (secondary N) is 2. The van der Waals surface area contributed by atoms with Crippen molar-refractivity contribution in [3.63, 3.8) is 0 Å². The first-order valence-electron chi connectivity index (χ1n) is 8.82. The van der Waals surface area contributed by atoms with Gasteiger partial charge in [-0.25, -0.2) is 0 Å². The summed E-state index contributed by atoms with van der Waals surface area (Å²) in [5.74, 6) is 0.736. The summed E-state index contributed by atoms with van der Waals surface area (Å²) in [6, 6.07) is 13.9. The van der Waals surface area contributed by atoms with Gasteiger partial charge >= 0.3 is 0 Å². The first-order valence-corrected chi connectivity index (χ1v) is 8.82. The minimum Gasteiger partial charge on any atom is -0.497 e. The van der Waals surface area contributed by atoms with E-state index in [4.69, 9.17) is 4.74 Å². The number of ether oxygens (including phenoxy) is 1. The Morgan fingerprint density at radius 3 is 2.33 bits per heavy atom. The molecule has 3 rings (SSSR count). The van der Waals surface area contributed by atoms with Crippen molar-refractivity contribution in [2.45, 2.75) is 0 Å². The molecular formula is C19H23N4O4+. The topological polar surface area (TPSA) is 89.2 Å². The number of nitrogens with zero attached hydrogens (tertiary/aromatic N) is 2. The number of quaternary nitrogens is 1. The van der Waals surface area contributed by atoms with E-state index in [0.29, 0.717) is 6.54 Å². The van der Waals surface area contributed by atoms with Crippen LogP contribution in [0.2, 0.25) is 0 Å². The van der Waals surface area contributed by atoms with Crippen LogP contribution in [-0.4, -0.2) is 50.7 Å². The lowest BCUT2D eigenvalue weighted by atomic mass is 10.2. The SMILES string of the molecule is COc1ccc(NC(=O)C[NH+]2CCN(c3ccc([N+](=O)[O-])cc3)CC2)cc1. The van der Waals surface area contributed by atoms with E-state index in [-0.39, 0.29) is 11.6 Å². The average Bonchev–Trinajstić information content (AvgIpc) is 2.69. The van der Waals surface area contributed by atoms with Gasteiger partial charge in [0.15, 0.2) is 6.54 Å². The number of piperazine rings is 1. The second-order valence-electron chi connectivity index (χ2n) is 6.46. The smallest absolute Gasteiger partial charge is 0.279 e. The predicted octanol–water partition coefficient (Wildman–Crippen LogP) is 0.947. The van der Waals surface area contributed by atoms with E-state index in [1.54, 1.807) is 19.2 Å². The fourth-order valence-corrected chi connectivity index (χ4v) is 3.15. The third kappa shape index (κ3) is 4.95. The number of hydrogen-bond acceptors (Lipinski definition) is 5. The maximum atomic E-state index is 12.2. The molecule has 1 fully saturated rings. The molecular weight excluding hydrogens is 348 g/mol. The highest BCUT2D eigenvalue weighted by Crippen LogP contribution is 2.19. The molecule has 0 atom stereocenters. The lowest BCUT2D eigenvalue weighted by molar-refractivity contribution is -0.892. The van der Waals surface area contributed by atoms with Crippen LogP contribution < -0.4 is 19.9 Å². The standard InChI is InChI=1S/C19H22N4O4/c1-27-18-8-2-15(3-9-18)20-19(24)14-21-10-12-22(13-11-21)16-4-6-17(7-5-16)23(25)26/h2-9H,10-14H2,1H3,(H,20,24)/p+1. The van der Waals surface area contributed by atoms with Crippen LogP contribution in [0.25, 0.3) is 0 Å². The van der Waals surface area contributed by atoms with Gasteiger partial charge in [-0.2, -0.15) is 0 Å². The van der Waals surface area contributed by atoms with E-state index in [1.165, 1.54) is 17.0 Å². The Morgan fingerprint density at radius 1 is 1.15 bits per heavy atom. The zero-order chi connectivity index (χ0) is 19.2. The lowest BCUT2D eigenvalue weighted by Crippen LogP contribution is -3.15. The molecule has 1 heterocycles. The van der Waals surface area contributed by atoms with E-state index in [9.17, 15) is 14.9 Å². The normalized spacial score (nSPS) is 14.6. The van der Waals surface area contributed by atoms with E-state index in [0.717, 1.165) is 43.3 Å². The summed E-state index contributed by atoms with van der Waals surface area (Å²) < 4.78 is 5.11. The molecule has 8 nitrogen and oxygen atoms in total. The molecule has 27 heavy (non-hydrogen) atoms. The van der Waals surface area contributed by atoms with Crippen LogP contribution in [0.15, 0.2) is 48.5 Å². The highest BCUT2D eigenvalue weighted by molar-refractivity contribution is 5.91. The highest BCUT2D eigenvalue weighted by atomic mass is 16.6. The zero-order valence-electron chi connectivity index (χ0n) is 15.2.